The monoisotopic (exact) mass is 168 g/mol. The zero-order valence-corrected chi connectivity index (χ0v) is 6.97. The van der Waals surface area contributed by atoms with Crippen LogP contribution in [0.4, 0.5) is 0 Å². The summed E-state index contributed by atoms with van der Waals surface area (Å²) in [5.74, 6) is 0. The van der Waals surface area contributed by atoms with Crippen molar-refractivity contribution < 1.29 is 0 Å². The predicted molar refractivity (Wildman–Crippen MR) is 48.1 cm³/mol. The molecule has 0 atom stereocenters. The number of benzene rings is 1. The molecule has 0 radical (unpaired) electrons. The molecule has 0 bridgehead atoms. The Bertz CT molecular complexity index is 258. The number of hydrazone groups is 1. The summed E-state index contributed by atoms with van der Waals surface area (Å²) in [5.41, 5.74) is 3.57. The number of nitrogens with zero attached hydrogens (tertiary/aromatic N) is 1. The van der Waals surface area contributed by atoms with E-state index in [1.807, 2.05) is 24.3 Å². The maximum absolute atomic E-state index is 5.84. The number of nitrogens with one attached hydrogen (secondary N) is 1. The molecule has 1 rings (SSSR count). The molecule has 0 unspecified atom stereocenters. The largest absolute Gasteiger partial charge is 0.313 e. The third-order valence-corrected chi connectivity index (χ3v) is 1.58. The highest BCUT2D eigenvalue weighted by molar-refractivity contribution is 6.33. The van der Waals surface area contributed by atoms with Gasteiger partial charge in [0.2, 0.25) is 0 Å². The third-order valence-electron chi connectivity index (χ3n) is 1.24. The fraction of sp³-hybridized carbons (Fsp3) is 0.125. The average molecular weight is 169 g/mol. The van der Waals surface area contributed by atoms with Gasteiger partial charge >= 0.3 is 0 Å². The summed E-state index contributed by atoms with van der Waals surface area (Å²) in [5, 5.41) is 4.56. The van der Waals surface area contributed by atoms with Crippen LogP contribution in [0.1, 0.15) is 5.56 Å². The van der Waals surface area contributed by atoms with E-state index >= 15 is 0 Å². The van der Waals surface area contributed by atoms with Crippen LogP contribution in [0.5, 0.6) is 0 Å². The quantitative estimate of drug-likeness (QED) is 0.530. The Labute approximate surface area is 70.9 Å². The molecule has 58 valence electrons. The fourth-order valence-corrected chi connectivity index (χ4v) is 0.898. The van der Waals surface area contributed by atoms with Gasteiger partial charge in [-0.15, -0.1) is 0 Å². The molecule has 0 saturated carbocycles. The minimum absolute atomic E-state index is 0.714. The Morgan fingerprint density at radius 3 is 2.82 bits per heavy atom. The van der Waals surface area contributed by atoms with Gasteiger partial charge < -0.3 is 5.43 Å². The van der Waals surface area contributed by atoms with Gasteiger partial charge in [0, 0.05) is 17.6 Å². The van der Waals surface area contributed by atoms with Crippen molar-refractivity contribution >= 4 is 17.8 Å². The first-order valence-electron chi connectivity index (χ1n) is 3.29. The Kier molecular flexibility index (Phi) is 2.93. The summed E-state index contributed by atoms with van der Waals surface area (Å²) in [6, 6.07) is 7.55. The van der Waals surface area contributed by atoms with Crippen LogP contribution in [0.25, 0.3) is 0 Å². The van der Waals surface area contributed by atoms with E-state index < -0.39 is 0 Å². The van der Waals surface area contributed by atoms with Gasteiger partial charge in [0.05, 0.1) is 6.21 Å². The van der Waals surface area contributed by atoms with Gasteiger partial charge in [-0.25, -0.2) is 0 Å². The van der Waals surface area contributed by atoms with Crippen molar-refractivity contribution in [1.29, 1.82) is 0 Å². The lowest BCUT2D eigenvalue weighted by Crippen LogP contribution is -1.94. The summed E-state index contributed by atoms with van der Waals surface area (Å²) in [6.45, 7) is 0. The molecule has 0 aliphatic heterocycles. The second-order valence-corrected chi connectivity index (χ2v) is 2.41. The topological polar surface area (TPSA) is 24.4 Å². The van der Waals surface area contributed by atoms with E-state index in [0.29, 0.717) is 5.02 Å². The summed E-state index contributed by atoms with van der Waals surface area (Å²) >= 11 is 5.84. The summed E-state index contributed by atoms with van der Waals surface area (Å²) in [7, 11) is 1.74. The second kappa shape index (κ2) is 3.98. The van der Waals surface area contributed by atoms with E-state index in [1.54, 1.807) is 13.3 Å². The zero-order chi connectivity index (χ0) is 8.10. The van der Waals surface area contributed by atoms with Crippen molar-refractivity contribution in [2.75, 3.05) is 7.05 Å². The smallest absolute Gasteiger partial charge is 0.0555 e. The van der Waals surface area contributed by atoms with Crippen molar-refractivity contribution in [3.63, 3.8) is 0 Å². The zero-order valence-electron chi connectivity index (χ0n) is 6.21. The van der Waals surface area contributed by atoms with Crippen molar-refractivity contribution in [2.24, 2.45) is 5.10 Å². The van der Waals surface area contributed by atoms with Crippen LogP contribution < -0.4 is 5.43 Å². The SMILES string of the molecule is CNN=Cc1ccccc1Cl. The Hall–Kier alpha value is -1.02. The van der Waals surface area contributed by atoms with E-state index in [2.05, 4.69) is 10.5 Å². The lowest BCUT2D eigenvalue weighted by atomic mass is 10.2. The molecule has 1 aromatic carbocycles. The van der Waals surface area contributed by atoms with Crippen LogP contribution >= 0.6 is 11.6 Å². The lowest BCUT2D eigenvalue weighted by Gasteiger charge is -1.94. The van der Waals surface area contributed by atoms with E-state index in [4.69, 9.17) is 11.6 Å². The van der Waals surface area contributed by atoms with Crippen LogP contribution in [-0.4, -0.2) is 13.3 Å². The van der Waals surface area contributed by atoms with Gasteiger partial charge in [-0.3, -0.25) is 0 Å². The Morgan fingerprint density at radius 2 is 2.18 bits per heavy atom. The number of rotatable bonds is 2. The fourth-order valence-electron chi connectivity index (χ4n) is 0.714. The standard InChI is InChI=1S/C8H9ClN2/c1-10-11-6-7-4-2-3-5-8(7)9/h2-6,10H,1H3. The van der Waals surface area contributed by atoms with Crippen molar-refractivity contribution in [3.05, 3.63) is 34.9 Å². The maximum Gasteiger partial charge on any atom is 0.0555 e. The summed E-state index contributed by atoms with van der Waals surface area (Å²) in [4.78, 5) is 0. The van der Waals surface area contributed by atoms with E-state index in [-0.39, 0.29) is 0 Å². The minimum Gasteiger partial charge on any atom is -0.313 e. The van der Waals surface area contributed by atoms with Gasteiger partial charge in [0.1, 0.15) is 0 Å². The summed E-state index contributed by atoms with van der Waals surface area (Å²) in [6.07, 6.45) is 1.68. The Morgan fingerprint density at radius 1 is 1.45 bits per heavy atom. The molecule has 0 spiro atoms. The predicted octanol–water partition coefficient (Wildman–Crippen LogP) is 1.89. The molecule has 0 saturated heterocycles. The molecular weight excluding hydrogens is 160 g/mol. The second-order valence-electron chi connectivity index (χ2n) is 2.00. The molecule has 1 N–H and O–H groups in total. The van der Waals surface area contributed by atoms with Gasteiger partial charge in [0.25, 0.3) is 0 Å². The van der Waals surface area contributed by atoms with Crippen molar-refractivity contribution in [2.45, 2.75) is 0 Å². The molecule has 0 aliphatic carbocycles. The summed E-state index contributed by atoms with van der Waals surface area (Å²) < 4.78 is 0. The highest BCUT2D eigenvalue weighted by Gasteiger charge is 1.92. The number of halogens is 1. The molecule has 1 aromatic rings. The highest BCUT2D eigenvalue weighted by Crippen LogP contribution is 2.11. The molecule has 11 heavy (non-hydrogen) atoms. The van der Waals surface area contributed by atoms with Crippen molar-refractivity contribution in [3.8, 4) is 0 Å². The minimum atomic E-state index is 0.714. The molecule has 0 aliphatic rings. The number of hydrogen-bond acceptors (Lipinski definition) is 2. The van der Waals surface area contributed by atoms with E-state index in [1.165, 1.54) is 0 Å². The highest BCUT2D eigenvalue weighted by atomic mass is 35.5. The first-order valence-corrected chi connectivity index (χ1v) is 3.66. The van der Waals surface area contributed by atoms with Crippen molar-refractivity contribution in [1.82, 2.24) is 5.43 Å². The molecular formula is C8H9ClN2. The van der Waals surface area contributed by atoms with Crippen LogP contribution in [0, 0.1) is 0 Å². The third kappa shape index (κ3) is 2.24. The normalized spacial score (nSPS) is 10.4. The van der Waals surface area contributed by atoms with Gasteiger partial charge in [-0.2, -0.15) is 5.10 Å². The average Bonchev–Trinajstić information content (AvgIpc) is 2.03. The maximum atomic E-state index is 5.84. The molecule has 0 heterocycles. The molecule has 0 aromatic heterocycles. The lowest BCUT2D eigenvalue weighted by molar-refractivity contribution is 0.908. The van der Waals surface area contributed by atoms with Gasteiger partial charge in [-0.05, 0) is 6.07 Å². The molecule has 2 nitrogen and oxygen atoms in total. The molecule has 3 heteroatoms. The van der Waals surface area contributed by atoms with Crippen LogP contribution in [0.15, 0.2) is 29.4 Å². The van der Waals surface area contributed by atoms with Crippen LogP contribution in [0.3, 0.4) is 0 Å². The molecule has 0 amide bonds. The van der Waals surface area contributed by atoms with Gasteiger partial charge in [0.15, 0.2) is 0 Å². The van der Waals surface area contributed by atoms with Gasteiger partial charge in [-0.1, -0.05) is 29.8 Å². The van der Waals surface area contributed by atoms with E-state index in [9.17, 15) is 0 Å². The number of hydrogen-bond donors (Lipinski definition) is 1. The first kappa shape index (κ1) is 8.08. The van der Waals surface area contributed by atoms with Crippen LogP contribution in [-0.2, 0) is 0 Å². The van der Waals surface area contributed by atoms with E-state index in [0.717, 1.165) is 5.56 Å². The first-order chi connectivity index (χ1) is 5.34. The molecule has 0 fully saturated rings. The Balaban J connectivity index is 2.86. The van der Waals surface area contributed by atoms with Crippen LogP contribution in [0.2, 0.25) is 5.02 Å².